The van der Waals surface area contributed by atoms with Crippen LogP contribution in [0.4, 0.5) is 11.5 Å². The fourth-order valence-electron chi connectivity index (χ4n) is 2.24. The Morgan fingerprint density at radius 1 is 1.03 bits per heavy atom. The van der Waals surface area contributed by atoms with Crippen molar-refractivity contribution in [3.8, 4) is 11.5 Å². The van der Waals surface area contributed by atoms with Crippen molar-refractivity contribution < 1.29 is 14.1 Å². The van der Waals surface area contributed by atoms with Gasteiger partial charge in [-0.15, -0.1) is 0 Å². The molecule has 0 aliphatic carbocycles. The SMILES string of the molecule is CC.CC(C)(C)c1cc(NC(=O)CNc2ccc(Oc3ccncc3)cc2)no1. The van der Waals surface area contributed by atoms with Gasteiger partial charge in [0, 0.05) is 29.6 Å². The number of benzene rings is 1. The molecule has 0 radical (unpaired) electrons. The van der Waals surface area contributed by atoms with E-state index in [1.165, 1.54) is 0 Å². The Kier molecular flexibility index (Phi) is 7.77. The molecule has 0 aliphatic heterocycles. The number of nitrogens with zero attached hydrogens (tertiary/aromatic N) is 2. The fourth-order valence-corrected chi connectivity index (χ4v) is 2.24. The van der Waals surface area contributed by atoms with Crippen LogP contribution in [0, 0.1) is 0 Å². The van der Waals surface area contributed by atoms with E-state index in [9.17, 15) is 4.79 Å². The second-order valence-electron chi connectivity index (χ2n) is 7.04. The summed E-state index contributed by atoms with van der Waals surface area (Å²) in [7, 11) is 0. The molecule has 0 atom stereocenters. The van der Waals surface area contributed by atoms with Gasteiger partial charge in [0.15, 0.2) is 5.82 Å². The van der Waals surface area contributed by atoms with Crippen LogP contribution in [-0.4, -0.2) is 22.6 Å². The molecule has 29 heavy (non-hydrogen) atoms. The maximum Gasteiger partial charge on any atom is 0.244 e. The maximum atomic E-state index is 12.1. The Balaban J connectivity index is 0.00000145. The highest BCUT2D eigenvalue weighted by Gasteiger charge is 2.20. The maximum absolute atomic E-state index is 12.1. The summed E-state index contributed by atoms with van der Waals surface area (Å²) in [4.78, 5) is 16.0. The molecule has 2 N–H and O–H groups in total. The largest absolute Gasteiger partial charge is 0.457 e. The van der Waals surface area contributed by atoms with Crippen LogP contribution in [0.5, 0.6) is 11.5 Å². The fraction of sp³-hybridized carbons (Fsp3) is 0.318. The minimum atomic E-state index is -0.208. The Morgan fingerprint density at radius 2 is 1.66 bits per heavy atom. The van der Waals surface area contributed by atoms with Crippen LogP contribution in [0.1, 0.15) is 40.4 Å². The molecule has 7 nitrogen and oxygen atoms in total. The third-order valence-electron chi connectivity index (χ3n) is 3.71. The zero-order valence-corrected chi connectivity index (χ0v) is 17.5. The second kappa shape index (κ2) is 10.3. The first kappa shape index (κ1) is 21.9. The molecule has 154 valence electrons. The van der Waals surface area contributed by atoms with Gasteiger partial charge in [0.2, 0.25) is 5.91 Å². The Bertz CT molecular complexity index is 884. The molecular weight excluding hydrogens is 368 g/mol. The van der Waals surface area contributed by atoms with E-state index in [0.717, 1.165) is 11.4 Å². The van der Waals surface area contributed by atoms with Gasteiger partial charge in [-0.1, -0.05) is 39.8 Å². The van der Waals surface area contributed by atoms with Crippen molar-refractivity contribution in [3.63, 3.8) is 0 Å². The molecular formula is C22H28N4O3. The van der Waals surface area contributed by atoms with Crippen LogP contribution in [0.15, 0.2) is 59.4 Å². The molecule has 0 spiro atoms. The molecule has 0 saturated carbocycles. The van der Waals surface area contributed by atoms with Crippen molar-refractivity contribution in [2.24, 2.45) is 0 Å². The second-order valence-corrected chi connectivity index (χ2v) is 7.04. The lowest BCUT2D eigenvalue weighted by molar-refractivity contribution is -0.114. The van der Waals surface area contributed by atoms with Crippen LogP contribution < -0.4 is 15.4 Å². The average molecular weight is 396 g/mol. The molecule has 2 heterocycles. The first-order chi connectivity index (χ1) is 13.9. The average Bonchev–Trinajstić information content (AvgIpc) is 3.19. The van der Waals surface area contributed by atoms with Crippen LogP contribution in [0.3, 0.4) is 0 Å². The highest BCUT2D eigenvalue weighted by atomic mass is 16.5. The molecule has 0 saturated heterocycles. The van der Waals surface area contributed by atoms with E-state index in [1.54, 1.807) is 30.6 Å². The molecule has 3 aromatic rings. The van der Waals surface area contributed by atoms with Gasteiger partial charge in [-0.05, 0) is 36.4 Å². The normalized spacial score (nSPS) is 10.5. The van der Waals surface area contributed by atoms with Crippen molar-refractivity contribution in [2.45, 2.75) is 40.0 Å². The lowest BCUT2D eigenvalue weighted by Gasteiger charge is -2.12. The first-order valence-corrected chi connectivity index (χ1v) is 9.59. The van der Waals surface area contributed by atoms with Crippen LogP contribution in [0.25, 0.3) is 0 Å². The van der Waals surface area contributed by atoms with Crippen molar-refractivity contribution in [1.82, 2.24) is 10.1 Å². The monoisotopic (exact) mass is 396 g/mol. The quantitative estimate of drug-likeness (QED) is 0.592. The lowest BCUT2D eigenvalue weighted by atomic mass is 9.93. The van der Waals surface area contributed by atoms with Gasteiger partial charge < -0.3 is 19.9 Å². The van der Waals surface area contributed by atoms with E-state index in [0.29, 0.717) is 17.3 Å². The number of nitrogens with one attached hydrogen (secondary N) is 2. The van der Waals surface area contributed by atoms with E-state index in [1.807, 2.05) is 58.9 Å². The predicted octanol–water partition coefficient (Wildman–Crippen LogP) is 5.24. The number of carbonyl (C=O) groups is 1. The summed E-state index contributed by atoms with van der Waals surface area (Å²) < 4.78 is 11.0. The Labute approximate surface area is 171 Å². The number of amides is 1. The summed E-state index contributed by atoms with van der Waals surface area (Å²) >= 11 is 0. The lowest BCUT2D eigenvalue weighted by Crippen LogP contribution is -2.21. The first-order valence-electron chi connectivity index (χ1n) is 9.59. The zero-order chi connectivity index (χ0) is 21.3. The molecule has 1 amide bonds. The molecule has 0 bridgehead atoms. The Morgan fingerprint density at radius 3 is 2.24 bits per heavy atom. The zero-order valence-electron chi connectivity index (χ0n) is 17.5. The minimum Gasteiger partial charge on any atom is -0.457 e. The van der Waals surface area contributed by atoms with Gasteiger partial charge in [-0.3, -0.25) is 9.78 Å². The number of hydrogen-bond acceptors (Lipinski definition) is 6. The summed E-state index contributed by atoms with van der Waals surface area (Å²) in [6.07, 6.45) is 3.34. The molecule has 7 heteroatoms. The van der Waals surface area contributed by atoms with E-state index in [-0.39, 0.29) is 17.9 Å². The third-order valence-corrected chi connectivity index (χ3v) is 3.71. The summed E-state index contributed by atoms with van der Waals surface area (Å²) in [6, 6.07) is 12.6. The van der Waals surface area contributed by atoms with E-state index < -0.39 is 0 Å². The minimum absolute atomic E-state index is 0.113. The number of ether oxygens (including phenoxy) is 1. The third kappa shape index (κ3) is 6.95. The summed E-state index contributed by atoms with van der Waals surface area (Å²) in [6.45, 7) is 10.2. The molecule has 0 unspecified atom stereocenters. The summed E-state index contributed by atoms with van der Waals surface area (Å²) in [5.74, 6) is 2.34. The summed E-state index contributed by atoms with van der Waals surface area (Å²) in [5, 5.41) is 9.64. The predicted molar refractivity (Wildman–Crippen MR) is 114 cm³/mol. The smallest absolute Gasteiger partial charge is 0.244 e. The topological polar surface area (TPSA) is 89.3 Å². The van der Waals surface area contributed by atoms with Crippen LogP contribution in [0.2, 0.25) is 0 Å². The molecule has 3 rings (SSSR count). The molecule has 0 fully saturated rings. The van der Waals surface area contributed by atoms with Crippen LogP contribution in [-0.2, 0) is 10.2 Å². The van der Waals surface area contributed by atoms with Gasteiger partial charge >= 0.3 is 0 Å². The number of rotatable bonds is 6. The van der Waals surface area contributed by atoms with Crippen molar-refractivity contribution in [3.05, 3.63) is 60.6 Å². The van der Waals surface area contributed by atoms with Crippen molar-refractivity contribution in [1.29, 1.82) is 0 Å². The highest BCUT2D eigenvalue weighted by Crippen LogP contribution is 2.24. The molecule has 1 aromatic carbocycles. The number of hydrogen-bond donors (Lipinski definition) is 2. The van der Waals surface area contributed by atoms with Gasteiger partial charge in [-0.25, -0.2) is 0 Å². The Hall–Kier alpha value is -3.35. The molecule has 0 aliphatic rings. The van der Waals surface area contributed by atoms with Crippen LogP contribution >= 0.6 is 0 Å². The summed E-state index contributed by atoms with van der Waals surface area (Å²) in [5.41, 5.74) is 0.650. The molecule has 2 aromatic heterocycles. The highest BCUT2D eigenvalue weighted by molar-refractivity contribution is 5.92. The van der Waals surface area contributed by atoms with Crippen molar-refractivity contribution >= 4 is 17.4 Å². The van der Waals surface area contributed by atoms with E-state index in [4.69, 9.17) is 9.26 Å². The van der Waals surface area contributed by atoms with Gasteiger partial charge in [0.1, 0.15) is 17.3 Å². The number of carbonyl (C=O) groups excluding carboxylic acids is 1. The van der Waals surface area contributed by atoms with Crippen molar-refractivity contribution in [2.75, 3.05) is 17.2 Å². The number of aromatic nitrogens is 2. The van der Waals surface area contributed by atoms with E-state index in [2.05, 4.69) is 20.8 Å². The van der Waals surface area contributed by atoms with E-state index >= 15 is 0 Å². The van der Waals surface area contributed by atoms with Gasteiger partial charge in [-0.2, -0.15) is 0 Å². The van der Waals surface area contributed by atoms with Gasteiger partial charge in [0.05, 0.1) is 6.54 Å². The standard InChI is InChI=1S/C20H22N4O3.C2H6/c1-20(2,3)17-12-18(24-27-17)23-19(25)13-22-14-4-6-15(7-5-14)26-16-8-10-21-11-9-16;1-2/h4-12,22H,13H2,1-3H3,(H,23,24,25);1-2H3. The number of anilines is 2. The van der Waals surface area contributed by atoms with Gasteiger partial charge in [0.25, 0.3) is 0 Å². The number of pyridine rings is 1.